The van der Waals surface area contributed by atoms with Crippen LogP contribution < -0.4 is 4.74 Å². The summed E-state index contributed by atoms with van der Waals surface area (Å²) in [6, 6.07) is 2.49. The van der Waals surface area contributed by atoms with E-state index >= 15 is 0 Å². The summed E-state index contributed by atoms with van der Waals surface area (Å²) in [6.45, 7) is -1.03. The van der Waals surface area contributed by atoms with Crippen molar-refractivity contribution in [2.45, 2.75) is 19.2 Å². The van der Waals surface area contributed by atoms with Crippen molar-refractivity contribution in [2.24, 2.45) is 0 Å². The third kappa shape index (κ3) is 5.48. The molecule has 10 heteroatoms. The standard InChI is InChI=1S/C11H11BrF3NO5/c1-6(17)8-2-7(12)3-9(16(18)19)10(8)21-5-20-4-11(13,14)15/h2-3,6,17H,4-5H2,1H3/t6-/m0/s1. The number of aliphatic hydroxyl groups excluding tert-OH is 1. The number of hydrogen-bond acceptors (Lipinski definition) is 5. The van der Waals surface area contributed by atoms with Gasteiger partial charge in [-0.05, 0) is 13.0 Å². The Morgan fingerprint density at radius 1 is 1.48 bits per heavy atom. The van der Waals surface area contributed by atoms with Crippen molar-refractivity contribution in [3.8, 4) is 5.75 Å². The molecule has 0 aliphatic heterocycles. The third-order valence-corrected chi connectivity index (χ3v) is 2.72. The maximum absolute atomic E-state index is 11.9. The molecule has 0 unspecified atom stereocenters. The minimum Gasteiger partial charge on any atom is -0.460 e. The van der Waals surface area contributed by atoms with Gasteiger partial charge in [0.2, 0.25) is 5.75 Å². The van der Waals surface area contributed by atoms with E-state index in [2.05, 4.69) is 20.7 Å². The highest BCUT2D eigenvalue weighted by Crippen LogP contribution is 2.37. The minimum atomic E-state index is -4.53. The number of halogens is 4. The lowest BCUT2D eigenvalue weighted by Crippen LogP contribution is -2.19. The van der Waals surface area contributed by atoms with Crippen LogP contribution >= 0.6 is 15.9 Å². The highest BCUT2D eigenvalue weighted by Gasteiger charge is 2.28. The van der Waals surface area contributed by atoms with Gasteiger partial charge in [-0.25, -0.2) is 0 Å². The lowest BCUT2D eigenvalue weighted by atomic mass is 10.1. The number of alkyl halides is 3. The van der Waals surface area contributed by atoms with Gasteiger partial charge in [0.1, 0.15) is 6.61 Å². The van der Waals surface area contributed by atoms with Crippen LogP contribution in [0, 0.1) is 10.1 Å². The fourth-order valence-electron chi connectivity index (χ4n) is 1.46. The molecule has 118 valence electrons. The van der Waals surface area contributed by atoms with Crippen LogP contribution in [0.5, 0.6) is 5.75 Å². The molecular weight excluding hydrogens is 363 g/mol. The molecule has 1 aromatic carbocycles. The SMILES string of the molecule is C[C@H](O)c1cc(Br)cc([N+](=O)[O-])c1OCOCC(F)(F)F. The molecule has 0 fully saturated rings. The maximum atomic E-state index is 11.9. The van der Waals surface area contributed by atoms with Crippen molar-refractivity contribution in [3.63, 3.8) is 0 Å². The van der Waals surface area contributed by atoms with Crippen LogP contribution in [-0.4, -0.2) is 29.6 Å². The van der Waals surface area contributed by atoms with E-state index in [1.165, 1.54) is 13.0 Å². The maximum Gasteiger partial charge on any atom is 0.411 e. The van der Waals surface area contributed by atoms with Crippen LogP contribution in [0.3, 0.4) is 0 Å². The van der Waals surface area contributed by atoms with Crippen LogP contribution in [0.4, 0.5) is 18.9 Å². The number of ether oxygens (including phenoxy) is 2. The molecule has 0 amide bonds. The summed E-state index contributed by atoms with van der Waals surface area (Å²) < 4.78 is 45.2. The second-order valence-electron chi connectivity index (χ2n) is 4.00. The Kier molecular flexibility index (Phi) is 5.93. The molecule has 1 atom stereocenters. The van der Waals surface area contributed by atoms with Gasteiger partial charge >= 0.3 is 11.9 Å². The Labute approximate surface area is 125 Å². The van der Waals surface area contributed by atoms with Gasteiger partial charge in [0, 0.05) is 16.1 Å². The van der Waals surface area contributed by atoms with Gasteiger partial charge in [0.15, 0.2) is 6.79 Å². The predicted molar refractivity (Wildman–Crippen MR) is 68.9 cm³/mol. The van der Waals surface area contributed by atoms with Crippen molar-refractivity contribution in [2.75, 3.05) is 13.4 Å². The molecule has 0 aromatic heterocycles. The van der Waals surface area contributed by atoms with E-state index in [1.807, 2.05) is 0 Å². The topological polar surface area (TPSA) is 81.8 Å². The number of aliphatic hydroxyl groups is 1. The molecule has 0 bridgehead atoms. The van der Waals surface area contributed by atoms with E-state index in [0.29, 0.717) is 4.47 Å². The van der Waals surface area contributed by atoms with Gasteiger partial charge in [-0.2, -0.15) is 13.2 Å². The number of hydrogen-bond donors (Lipinski definition) is 1. The van der Waals surface area contributed by atoms with Gasteiger partial charge in [0.05, 0.1) is 11.0 Å². The number of benzene rings is 1. The number of nitro groups is 1. The molecule has 21 heavy (non-hydrogen) atoms. The van der Waals surface area contributed by atoms with Gasteiger partial charge in [-0.15, -0.1) is 0 Å². The number of nitro benzene ring substituents is 1. The number of rotatable bonds is 6. The fraction of sp³-hybridized carbons (Fsp3) is 0.455. The summed E-state index contributed by atoms with van der Waals surface area (Å²) in [5.74, 6) is -0.333. The molecule has 1 N–H and O–H groups in total. The van der Waals surface area contributed by atoms with Crippen LogP contribution in [-0.2, 0) is 4.74 Å². The van der Waals surface area contributed by atoms with Crippen LogP contribution in [0.2, 0.25) is 0 Å². The molecule has 0 aliphatic carbocycles. The molecule has 1 rings (SSSR count). The quantitative estimate of drug-likeness (QED) is 0.358. The zero-order valence-electron chi connectivity index (χ0n) is 10.7. The number of nitrogens with zero attached hydrogens (tertiary/aromatic N) is 1. The second-order valence-corrected chi connectivity index (χ2v) is 4.92. The van der Waals surface area contributed by atoms with Crippen molar-refractivity contribution in [3.05, 3.63) is 32.3 Å². The van der Waals surface area contributed by atoms with Crippen LogP contribution in [0.25, 0.3) is 0 Å². The first-order valence-electron chi connectivity index (χ1n) is 5.55. The third-order valence-electron chi connectivity index (χ3n) is 2.26. The summed E-state index contributed by atoms with van der Waals surface area (Å²) in [5.41, 5.74) is -0.428. The lowest BCUT2D eigenvalue weighted by molar-refractivity contribution is -0.386. The van der Waals surface area contributed by atoms with E-state index in [0.717, 1.165) is 6.07 Å². The van der Waals surface area contributed by atoms with Crippen LogP contribution in [0.15, 0.2) is 16.6 Å². The molecule has 1 aromatic rings. The molecule has 0 radical (unpaired) electrons. The molecule has 0 saturated heterocycles. The van der Waals surface area contributed by atoms with E-state index in [1.54, 1.807) is 0 Å². The first-order chi connectivity index (χ1) is 9.61. The first kappa shape index (κ1) is 17.7. The Balaban J connectivity index is 2.95. The molecule has 0 spiro atoms. The second kappa shape index (κ2) is 7.05. The van der Waals surface area contributed by atoms with Crippen LogP contribution in [0.1, 0.15) is 18.6 Å². The highest BCUT2D eigenvalue weighted by atomic mass is 79.9. The van der Waals surface area contributed by atoms with E-state index in [-0.39, 0.29) is 11.3 Å². The average molecular weight is 374 g/mol. The van der Waals surface area contributed by atoms with Crippen molar-refractivity contribution >= 4 is 21.6 Å². The van der Waals surface area contributed by atoms with Crippen molar-refractivity contribution < 1.29 is 32.7 Å². The lowest BCUT2D eigenvalue weighted by Gasteiger charge is -2.14. The smallest absolute Gasteiger partial charge is 0.411 e. The Morgan fingerprint density at radius 2 is 2.10 bits per heavy atom. The Bertz CT molecular complexity index is 521. The predicted octanol–water partition coefficient (Wildman–Crippen LogP) is 3.33. The summed E-state index contributed by atoms with van der Waals surface area (Å²) in [7, 11) is 0. The van der Waals surface area contributed by atoms with Gasteiger partial charge < -0.3 is 14.6 Å². The normalized spacial score (nSPS) is 13.0. The Hall–Kier alpha value is -1.39. The van der Waals surface area contributed by atoms with Gasteiger partial charge in [-0.3, -0.25) is 10.1 Å². The van der Waals surface area contributed by atoms with E-state index in [9.17, 15) is 28.4 Å². The van der Waals surface area contributed by atoms with E-state index in [4.69, 9.17) is 4.74 Å². The van der Waals surface area contributed by atoms with Crippen molar-refractivity contribution in [1.82, 2.24) is 0 Å². The molecular formula is C11H11BrF3NO5. The summed E-state index contributed by atoms with van der Waals surface area (Å²) in [4.78, 5) is 10.2. The largest absolute Gasteiger partial charge is 0.460 e. The zero-order chi connectivity index (χ0) is 16.2. The van der Waals surface area contributed by atoms with Gasteiger partial charge in [0.25, 0.3) is 0 Å². The Morgan fingerprint density at radius 3 is 2.57 bits per heavy atom. The van der Waals surface area contributed by atoms with E-state index < -0.39 is 36.3 Å². The summed E-state index contributed by atoms with van der Waals surface area (Å²) >= 11 is 3.04. The average Bonchev–Trinajstić information content (AvgIpc) is 2.33. The monoisotopic (exact) mass is 373 g/mol. The highest BCUT2D eigenvalue weighted by molar-refractivity contribution is 9.10. The molecule has 0 heterocycles. The molecule has 0 saturated carbocycles. The molecule has 6 nitrogen and oxygen atoms in total. The fourth-order valence-corrected chi connectivity index (χ4v) is 1.92. The zero-order valence-corrected chi connectivity index (χ0v) is 12.3. The minimum absolute atomic E-state index is 0.0617. The van der Waals surface area contributed by atoms with Crippen molar-refractivity contribution in [1.29, 1.82) is 0 Å². The molecule has 0 aliphatic rings. The first-order valence-corrected chi connectivity index (χ1v) is 6.34. The summed E-state index contributed by atoms with van der Waals surface area (Å²) in [5, 5.41) is 20.5. The van der Waals surface area contributed by atoms with Gasteiger partial charge in [-0.1, -0.05) is 15.9 Å². The summed E-state index contributed by atoms with van der Waals surface area (Å²) in [6.07, 6.45) is -5.64.